The lowest BCUT2D eigenvalue weighted by Gasteiger charge is -2.06. The predicted octanol–water partition coefficient (Wildman–Crippen LogP) is 2.39. The van der Waals surface area contributed by atoms with Gasteiger partial charge in [0.15, 0.2) is 5.78 Å². The van der Waals surface area contributed by atoms with Gasteiger partial charge in [-0.05, 0) is 12.1 Å². The molecule has 0 unspecified atom stereocenters. The van der Waals surface area contributed by atoms with Crippen molar-refractivity contribution in [2.24, 2.45) is 0 Å². The Morgan fingerprint density at radius 1 is 1.20 bits per heavy atom. The van der Waals surface area contributed by atoms with Crippen LogP contribution >= 0.6 is 31.9 Å². The van der Waals surface area contributed by atoms with Gasteiger partial charge in [-0.1, -0.05) is 37.9 Å². The largest absolute Gasteiger partial charge is 0.506 e. The number of carboxylic acid groups (broad SMARTS) is 1. The second kappa shape index (κ2) is 4.76. The van der Waals surface area contributed by atoms with Gasteiger partial charge < -0.3 is 10.2 Å². The summed E-state index contributed by atoms with van der Waals surface area (Å²) in [5.41, 5.74) is -0.324. The van der Waals surface area contributed by atoms with Crippen molar-refractivity contribution < 1.29 is 19.8 Å². The Morgan fingerprint density at radius 3 is 2.20 bits per heavy atom. The molecule has 6 heteroatoms. The molecule has 80 valence electrons. The normalized spacial score (nSPS) is 10.3. The van der Waals surface area contributed by atoms with Gasteiger partial charge in [-0.2, -0.15) is 0 Å². The molecule has 0 aliphatic rings. The number of benzene rings is 1. The highest BCUT2D eigenvalue weighted by Gasteiger charge is 2.21. The molecule has 0 fully saturated rings. The zero-order chi connectivity index (χ0) is 11.6. The number of aromatic carboxylic acids is 1. The van der Waals surface area contributed by atoms with E-state index >= 15 is 0 Å². The summed E-state index contributed by atoms with van der Waals surface area (Å²) in [6, 6.07) is 3.99. The molecule has 0 spiro atoms. The molecule has 0 radical (unpaired) electrons. The van der Waals surface area contributed by atoms with Crippen LogP contribution in [0.25, 0.3) is 0 Å². The molecule has 0 bridgehead atoms. The standard InChI is InChI=1S/C9H6Br2O4/c10-8(11)7(13)4-2-1-3-5(6(4)12)9(14)15/h1-3,8,12H,(H,14,15). The van der Waals surface area contributed by atoms with Crippen LogP contribution < -0.4 is 0 Å². The van der Waals surface area contributed by atoms with Crippen molar-refractivity contribution >= 4 is 43.6 Å². The number of carboxylic acids is 1. The highest BCUT2D eigenvalue weighted by molar-refractivity contribution is 9.25. The lowest BCUT2D eigenvalue weighted by molar-refractivity contribution is 0.0693. The molecule has 0 amide bonds. The number of carbonyl (C=O) groups excluding carboxylic acids is 1. The maximum atomic E-state index is 11.5. The van der Waals surface area contributed by atoms with Crippen LogP contribution in [-0.2, 0) is 0 Å². The summed E-state index contributed by atoms with van der Waals surface area (Å²) in [6.45, 7) is 0. The summed E-state index contributed by atoms with van der Waals surface area (Å²) in [5.74, 6) is -2.22. The van der Waals surface area contributed by atoms with Crippen LogP contribution in [0.3, 0.4) is 0 Å². The fourth-order valence-corrected chi connectivity index (χ4v) is 1.53. The molecule has 1 aromatic carbocycles. The fraction of sp³-hybridized carbons (Fsp3) is 0.111. The minimum absolute atomic E-state index is 0.0337. The van der Waals surface area contributed by atoms with Gasteiger partial charge in [0.2, 0.25) is 0 Å². The molecule has 2 N–H and O–H groups in total. The number of alkyl halides is 2. The number of phenols is 1. The lowest BCUT2D eigenvalue weighted by Crippen LogP contribution is -2.09. The molecular weight excluding hydrogens is 332 g/mol. The van der Waals surface area contributed by atoms with Gasteiger partial charge in [0, 0.05) is 0 Å². The van der Waals surface area contributed by atoms with E-state index in [1.807, 2.05) is 0 Å². The van der Waals surface area contributed by atoms with E-state index in [-0.39, 0.29) is 11.1 Å². The van der Waals surface area contributed by atoms with Crippen molar-refractivity contribution in [3.05, 3.63) is 29.3 Å². The number of carbonyl (C=O) groups is 2. The highest BCUT2D eigenvalue weighted by Crippen LogP contribution is 2.26. The van der Waals surface area contributed by atoms with Crippen molar-refractivity contribution in [3.63, 3.8) is 0 Å². The topological polar surface area (TPSA) is 74.6 Å². The molecule has 0 aromatic heterocycles. The number of aromatic hydroxyl groups is 1. The van der Waals surface area contributed by atoms with E-state index in [1.165, 1.54) is 18.2 Å². The summed E-state index contributed by atoms with van der Waals surface area (Å²) < 4.78 is -0.653. The number of ketones is 1. The van der Waals surface area contributed by atoms with Crippen LogP contribution in [0.5, 0.6) is 5.75 Å². The third-order valence-electron chi connectivity index (χ3n) is 1.73. The minimum Gasteiger partial charge on any atom is -0.506 e. The van der Waals surface area contributed by atoms with Gasteiger partial charge in [0.25, 0.3) is 0 Å². The van der Waals surface area contributed by atoms with Crippen molar-refractivity contribution in [2.45, 2.75) is 3.74 Å². The third kappa shape index (κ3) is 2.57. The van der Waals surface area contributed by atoms with Crippen molar-refractivity contribution in [1.82, 2.24) is 0 Å². The quantitative estimate of drug-likeness (QED) is 0.656. The van der Waals surface area contributed by atoms with E-state index in [9.17, 15) is 14.7 Å². The van der Waals surface area contributed by atoms with Gasteiger partial charge in [0.1, 0.15) is 15.0 Å². The molecule has 4 nitrogen and oxygen atoms in total. The number of rotatable bonds is 3. The maximum absolute atomic E-state index is 11.5. The molecule has 0 aliphatic carbocycles. The van der Waals surface area contributed by atoms with E-state index in [0.717, 1.165) is 0 Å². The maximum Gasteiger partial charge on any atom is 0.339 e. The van der Waals surface area contributed by atoms with Gasteiger partial charge >= 0.3 is 5.97 Å². The number of halogens is 2. The van der Waals surface area contributed by atoms with E-state index in [2.05, 4.69) is 31.9 Å². The highest BCUT2D eigenvalue weighted by atomic mass is 79.9. The summed E-state index contributed by atoms with van der Waals surface area (Å²) >= 11 is 5.96. The molecule has 1 aromatic rings. The van der Waals surface area contributed by atoms with Crippen LogP contribution in [0.15, 0.2) is 18.2 Å². The SMILES string of the molecule is O=C(O)c1cccc(C(=O)C(Br)Br)c1O. The Bertz CT molecular complexity index is 415. The second-order valence-electron chi connectivity index (χ2n) is 2.67. The van der Waals surface area contributed by atoms with Crippen LogP contribution in [0, 0.1) is 0 Å². The summed E-state index contributed by atoms with van der Waals surface area (Å²) in [5, 5.41) is 18.3. The van der Waals surface area contributed by atoms with Crippen molar-refractivity contribution in [2.75, 3.05) is 0 Å². The molecule has 1 rings (SSSR count). The lowest BCUT2D eigenvalue weighted by atomic mass is 10.1. The smallest absolute Gasteiger partial charge is 0.339 e. The zero-order valence-corrected chi connectivity index (χ0v) is 10.4. The first-order chi connectivity index (χ1) is 6.95. The Labute approximate surface area is 102 Å². The Kier molecular flexibility index (Phi) is 3.87. The summed E-state index contributed by atoms with van der Waals surface area (Å²) in [7, 11) is 0. The van der Waals surface area contributed by atoms with Crippen LogP contribution in [0.2, 0.25) is 0 Å². The number of hydrogen-bond donors (Lipinski definition) is 2. The molecule has 0 saturated heterocycles. The van der Waals surface area contributed by atoms with E-state index in [1.54, 1.807) is 0 Å². The average molecular weight is 338 g/mol. The molecular formula is C9H6Br2O4. The van der Waals surface area contributed by atoms with Gasteiger partial charge in [-0.25, -0.2) is 4.79 Å². The van der Waals surface area contributed by atoms with Crippen molar-refractivity contribution in [3.8, 4) is 5.75 Å². The molecule has 0 aliphatic heterocycles. The van der Waals surface area contributed by atoms with E-state index < -0.39 is 21.2 Å². The number of hydrogen-bond acceptors (Lipinski definition) is 3. The first-order valence-electron chi connectivity index (χ1n) is 3.82. The first kappa shape index (κ1) is 12.2. The zero-order valence-electron chi connectivity index (χ0n) is 7.28. The molecule has 0 heterocycles. The second-order valence-corrected chi connectivity index (χ2v) is 5.73. The first-order valence-corrected chi connectivity index (χ1v) is 5.66. The average Bonchev–Trinajstić information content (AvgIpc) is 2.16. The molecule has 15 heavy (non-hydrogen) atoms. The van der Waals surface area contributed by atoms with Crippen LogP contribution in [-0.4, -0.2) is 25.7 Å². The Morgan fingerprint density at radius 2 is 1.73 bits per heavy atom. The Hall–Kier alpha value is -0.880. The minimum atomic E-state index is -1.28. The summed E-state index contributed by atoms with van der Waals surface area (Å²) in [4.78, 5) is 22.2. The van der Waals surface area contributed by atoms with Gasteiger partial charge in [-0.15, -0.1) is 0 Å². The van der Waals surface area contributed by atoms with Gasteiger partial charge in [-0.3, -0.25) is 4.79 Å². The molecule has 0 atom stereocenters. The third-order valence-corrected chi connectivity index (χ3v) is 2.56. The van der Waals surface area contributed by atoms with Crippen LogP contribution in [0.1, 0.15) is 20.7 Å². The summed E-state index contributed by atoms with van der Waals surface area (Å²) in [6.07, 6.45) is 0. The monoisotopic (exact) mass is 336 g/mol. The van der Waals surface area contributed by atoms with Crippen LogP contribution in [0.4, 0.5) is 0 Å². The number of Topliss-reactive ketones (excluding diaryl/α,β-unsaturated/α-hetero) is 1. The Balaban J connectivity index is 3.27. The number of para-hydroxylation sites is 1. The van der Waals surface area contributed by atoms with E-state index in [4.69, 9.17) is 5.11 Å². The van der Waals surface area contributed by atoms with Gasteiger partial charge in [0.05, 0.1) is 5.56 Å². The van der Waals surface area contributed by atoms with E-state index in [0.29, 0.717) is 0 Å². The fourth-order valence-electron chi connectivity index (χ4n) is 1.03. The predicted molar refractivity (Wildman–Crippen MR) is 61.0 cm³/mol. The molecule has 0 saturated carbocycles. The van der Waals surface area contributed by atoms with Crippen molar-refractivity contribution in [1.29, 1.82) is 0 Å².